The zero-order valence-corrected chi connectivity index (χ0v) is 22.6. The van der Waals surface area contributed by atoms with Crippen LogP contribution in [0.1, 0.15) is 33.0 Å². The van der Waals surface area contributed by atoms with E-state index in [9.17, 15) is 14.4 Å². The number of ether oxygens (including phenoxy) is 1. The van der Waals surface area contributed by atoms with Crippen LogP contribution < -0.4 is 10.6 Å². The number of amides is 2. The van der Waals surface area contributed by atoms with Gasteiger partial charge in [0, 0.05) is 24.7 Å². The maximum atomic E-state index is 13.3. The van der Waals surface area contributed by atoms with Crippen molar-refractivity contribution in [2.24, 2.45) is 0 Å². The Labute approximate surface area is 238 Å². The highest BCUT2D eigenvalue weighted by atomic mass is 16.5. The Kier molecular flexibility index (Phi) is 8.41. The van der Waals surface area contributed by atoms with Crippen LogP contribution in [0.4, 0.5) is 10.5 Å². The number of likely N-dealkylation sites (N-methyl/N-ethyl adjacent to an activating group) is 1. The molecule has 1 aliphatic rings. The summed E-state index contributed by atoms with van der Waals surface area (Å²) in [6, 6.07) is 30.9. The van der Waals surface area contributed by atoms with Crippen molar-refractivity contribution in [2.75, 3.05) is 25.5 Å². The van der Waals surface area contributed by atoms with E-state index >= 15 is 0 Å². The number of rotatable bonds is 10. The molecule has 5 rings (SSSR count). The molecule has 0 saturated heterocycles. The van der Waals surface area contributed by atoms with E-state index in [4.69, 9.17) is 9.84 Å². The Hall–Kier alpha value is -4.95. The normalized spacial score (nSPS) is 12.7. The van der Waals surface area contributed by atoms with Gasteiger partial charge in [-0.15, -0.1) is 0 Å². The molecule has 0 radical (unpaired) electrons. The van der Waals surface area contributed by atoms with Crippen molar-refractivity contribution < 1.29 is 24.2 Å². The fraction of sp³-hybridized carbons (Fsp3) is 0.182. The summed E-state index contributed by atoms with van der Waals surface area (Å²) in [5.41, 5.74) is 6.06. The highest BCUT2D eigenvalue weighted by Gasteiger charge is 2.30. The monoisotopic (exact) mass is 549 g/mol. The van der Waals surface area contributed by atoms with Crippen molar-refractivity contribution >= 4 is 23.7 Å². The summed E-state index contributed by atoms with van der Waals surface area (Å²) in [6.07, 6.45) is -0.693. The molecular weight excluding hydrogens is 518 g/mol. The lowest BCUT2D eigenvalue weighted by Gasteiger charge is -2.25. The number of carbonyl (C=O) groups is 3. The third-order valence-corrected chi connectivity index (χ3v) is 7.14. The smallest absolute Gasteiger partial charge is 0.407 e. The second-order valence-electron chi connectivity index (χ2n) is 10.1. The molecule has 8 heteroatoms. The van der Waals surface area contributed by atoms with Crippen LogP contribution in [0.2, 0.25) is 0 Å². The van der Waals surface area contributed by atoms with E-state index in [1.54, 1.807) is 0 Å². The summed E-state index contributed by atoms with van der Waals surface area (Å²) in [5.74, 6) is -1.60. The number of hydrogen-bond acceptors (Lipinski definition) is 5. The molecule has 41 heavy (non-hydrogen) atoms. The maximum Gasteiger partial charge on any atom is 0.407 e. The molecule has 4 aromatic rings. The molecule has 0 heterocycles. The Bertz CT molecular complexity index is 1490. The minimum Gasteiger partial charge on any atom is -0.478 e. The lowest BCUT2D eigenvalue weighted by molar-refractivity contribution is -0.118. The number of alkyl carbamates (subject to hydrolysis) is 1. The Morgan fingerprint density at radius 3 is 2.02 bits per heavy atom. The minimum absolute atomic E-state index is 0.103. The standard InChI is InChI=1S/C33H31N3O5/c1-36(19-22-9-3-2-4-10-22)20-30(31(37)34-24-17-15-23(16-18-24)32(38)39)35-33(40)41-21-29-27-13-7-5-11-25(27)26-12-6-8-14-28(26)29/h2-18,29-30H,19-21H2,1H3,(H,34,37)(H,35,40)(H,38,39). The number of carbonyl (C=O) groups excluding carboxylic acids is 2. The third-order valence-electron chi connectivity index (χ3n) is 7.14. The van der Waals surface area contributed by atoms with Gasteiger partial charge in [-0.25, -0.2) is 9.59 Å². The number of anilines is 1. The van der Waals surface area contributed by atoms with Crippen molar-refractivity contribution in [2.45, 2.75) is 18.5 Å². The first kappa shape index (κ1) is 27.6. The average Bonchev–Trinajstić information content (AvgIpc) is 3.30. The summed E-state index contributed by atoms with van der Waals surface area (Å²) in [4.78, 5) is 39.5. The Balaban J connectivity index is 1.27. The number of nitrogens with one attached hydrogen (secondary N) is 2. The molecule has 0 fully saturated rings. The number of fused-ring (bicyclic) bond motifs is 3. The van der Waals surface area contributed by atoms with Gasteiger partial charge < -0.3 is 20.5 Å². The van der Waals surface area contributed by atoms with E-state index in [-0.39, 0.29) is 24.6 Å². The summed E-state index contributed by atoms with van der Waals surface area (Å²) in [6.45, 7) is 0.924. The first-order valence-corrected chi connectivity index (χ1v) is 13.4. The van der Waals surface area contributed by atoms with Crippen molar-refractivity contribution in [3.05, 3.63) is 125 Å². The van der Waals surface area contributed by atoms with Crippen LogP contribution in [-0.2, 0) is 16.1 Å². The molecule has 2 amide bonds. The maximum absolute atomic E-state index is 13.3. The van der Waals surface area contributed by atoms with Crippen LogP contribution in [0.25, 0.3) is 11.1 Å². The quantitative estimate of drug-likeness (QED) is 0.246. The molecule has 0 spiro atoms. The molecule has 1 atom stereocenters. The summed E-state index contributed by atoms with van der Waals surface area (Å²) in [7, 11) is 1.87. The highest BCUT2D eigenvalue weighted by molar-refractivity contribution is 5.97. The van der Waals surface area contributed by atoms with Gasteiger partial charge in [0.1, 0.15) is 12.6 Å². The fourth-order valence-electron chi connectivity index (χ4n) is 5.17. The Morgan fingerprint density at radius 1 is 0.829 bits per heavy atom. The van der Waals surface area contributed by atoms with Crippen molar-refractivity contribution in [1.29, 1.82) is 0 Å². The number of nitrogens with zero attached hydrogens (tertiary/aromatic N) is 1. The van der Waals surface area contributed by atoms with Gasteiger partial charge in [0.2, 0.25) is 5.91 Å². The first-order valence-electron chi connectivity index (χ1n) is 13.4. The molecule has 0 aliphatic heterocycles. The van der Waals surface area contributed by atoms with Crippen molar-refractivity contribution in [1.82, 2.24) is 10.2 Å². The lowest BCUT2D eigenvalue weighted by atomic mass is 9.98. The minimum atomic E-state index is -1.06. The van der Waals surface area contributed by atoms with Crippen LogP contribution in [0.15, 0.2) is 103 Å². The second kappa shape index (κ2) is 12.5. The van der Waals surface area contributed by atoms with Crippen LogP contribution >= 0.6 is 0 Å². The summed E-state index contributed by atoms with van der Waals surface area (Å²) in [5, 5.41) is 14.7. The fourth-order valence-corrected chi connectivity index (χ4v) is 5.17. The largest absolute Gasteiger partial charge is 0.478 e. The molecule has 1 aliphatic carbocycles. The topological polar surface area (TPSA) is 108 Å². The second-order valence-corrected chi connectivity index (χ2v) is 10.1. The SMILES string of the molecule is CN(Cc1ccccc1)CC(NC(=O)OCC1c2ccccc2-c2ccccc21)C(=O)Nc1ccc(C(=O)O)cc1. The van der Waals surface area contributed by atoms with Gasteiger partial charge in [0.05, 0.1) is 5.56 Å². The van der Waals surface area contributed by atoms with Crippen LogP contribution in [0.5, 0.6) is 0 Å². The van der Waals surface area contributed by atoms with Gasteiger partial charge in [-0.1, -0.05) is 78.9 Å². The average molecular weight is 550 g/mol. The predicted molar refractivity (Wildman–Crippen MR) is 157 cm³/mol. The number of carboxylic acid groups (broad SMARTS) is 1. The lowest BCUT2D eigenvalue weighted by Crippen LogP contribution is -2.50. The van der Waals surface area contributed by atoms with Gasteiger partial charge >= 0.3 is 12.1 Å². The number of aromatic carboxylic acids is 1. The third kappa shape index (κ3) is 6.62. The Morgan fingerprint density at radius 2 is 1.41 bits per heavy atom. The van der Waals surface area contributed by atoms with E-state index in [1.807, 2.05) is 78.7 Å². The molecule has 1 unspecified atom stereocenters. The van der Waals surface area contributed by atoms with E-state index < -0.39 is 24.0 Å². The van der Waals surface area contributed by atoms with E-state index in [2.05, 4.69) is 22.8 Å². The number of hydrogen-bond donors (Lipinski definition) is 3. The molecule has 0 aromatic heterocycles. The summed E-state index contributed by atoms with van der Waals surface area (Å²) >= 11 is 0. The van der Waals surface area contributed by atoms with E-state index in [1.165, 1.54) is 24.3 Å². The predicted octanol–water partition coefficient (Wildman–Crippen LogP) is 5.36. The zero-order valence-electron chi connectivity index (χ0n) is 22.6. The highest BCUT2D eigenvalue weighted by Crippen LogP contribution is 2.44. The molecule has 4 aromatic carbocycles. The molecule has 0 saturated carbocycles. The molecule has 8 nitrogen and oxygen atoms in total. The van der Waals surface area contributed by atoms with Gasteiger partial charge in [0.15, 0.2) is 0 Å². The van der Waals surface area contributed by atoms with Crippen LogP contribution in [-0.4, -0.2) is 54.2 Å². The van der Waals surface area contributed by atoms with Gasteiger partial charge in [-0.3, -0.25) is 9.69 Å². The molecule has 208 valence electrons. The molecule has 3 N–H and O–H groups in total. The van der Waals surface area contributed by atoms with Crippen molar-refractivity contribution in [3.63, 3.8) is 0 Å². The van der Waals surface area contributed by atoms with Gasteiger partial charge in [-0.2, -0.15) is 0 Å². The molecule has 0 bridgehead atoms. The summed E-state index contributed by atoms with van der Waals surface area (Å²) < 4.78 is 5.70. The van der Waals surface area contributed by atoms with Gasteiger partial charge in [-0.05, 0) is 59.1 Å². The van der Waals surface area contributed by atoms with Crippen molar-refractivity contribution in [3.8, 4) is 11.1 Å². The van der Waals surface area contributed by atoms with E-state index in [0.29, 0.717) is 12.2 Å². The van der Waals surface area contributed by atoms with Crippen LogP contribution in [0, 0.1) is 0 Å². The number of benzene rings is 4. The van der Waals surface area contributed by atoms with Gasteiger partial charge in [0.25, 0.3) is 0 Å². The van der Waals surface area contributed by atoms with Crippen LogP contribution in [0.3, 0.4) is 0 Å². The number of carboxylic acids is 1. The first-order chi connectivity index (χ1) is 19.9. The zero-order chi connectivity index (χ0) is 28.8. The van der Waals surface area contributed by atoms with E-state index in [0.717, 1.165) is 27.8 Å². The molecular formula is C33H31N3O5.